The zero-order valence-corrected chi connectivity index (χ0v) is 20.2. The Morgan fingerprint density at radius 1 is 0.939 bits per heavy atom. The summed E-state index contributed by atoms with van der Waals surface area (Å²) in [6.45, 7) is 5.64. The maximum absolute atomic E-state index is 13.4. The van der Waals surface area contributed by atoms with Crippen LogP contribution in [0.3, 0.4) is 0 Å². The monoisotopic (exact) mass is 465 g/mol. The maximum atomic E-state index is 13.4. The van der Waals surface area contributed by atoms with Gasteiger partial charge in [0.2, 0.25) is 5.91 Å². The fraction of sp³-hybridized carbons (Fsp3) is 0.308. The lowest BCUT2D eigenvalue weighted by molar-refractivity contribution is -0.133. The fourth-order valence-electron chi connectivity index (χ4n) is 3.37. The molecule has 0 aliphatic heterocycles. The average molecular weight is 466 g/mol. The Hall–Kier alpha value is -3.16. The van der Waals surface area contributed by atoms with Crippen molar-refractivity contribution < 1.29 is 14.3 Å². The molecule has 0 aliphatic carbocycles. The summed E-state index contributed by atoms with van der Waals surface area (Å²) in [5.74, 6) is -0.112. The second-order valence-corrected chi connectivity index (χ2v) is 8.99. The van der Waals surface area contributed by atoms with E-state index in [1.165, 1.54) is 4.90 Å². The number of nitrogens with one attached hydrogen (secondary N) is 1. The van der Waals surface area contributed by atoms with Gasteiger partial charge in [-0.15, -0.1) is 11.3 Å². The van der Waals surface area contributed by atoms with E-state index in [4.69, 9.17) is 4.74 Å². The van der Waals surface area contributed by atoms with Crippen LogP contribution < -0.4 is 5.32 Å². The van der Waals surface area contributed by atoms with E-state index in [2.05, 4.69) is 5.32 Å². The molecule has 6 nitrogen and oxygen atoms in total. The van der Waals surface area contributed by atoms with Gasteiger partial charge in [0.05, 0.1) is 13.2 Å². The second kappa shape index (κ2) is 12.2. The molecule has 0 unspecified atom stereocenters. The number of thiophene rings is 1. The van der Waals surface area contributed by atoms with Crippen molar-refractivity contribution >= 4 is 29.0 Å². The van der Waals surface area contributed by atoms with E-state index in [1.54, 1.807) is 23.3 Å². The van der Waals surface area contributed by atoms with Gasteiger partial charge >= 0.3 is 6.03 Å². The Morgan fingerprint density at radius 3 is 2.39 bits per heavy atom. The van der Waals surface area contributed by atoms with Crippen LogP contribution in [0.25, 0.3) is 0 Å². The molecular weight excluding hydrogens is 434 g/mol. The Kier molecular flexibility index (Phi) is 9.04. The molecule has 3 rings (SSSR count). The molecule has 0 radical (unpaired) electrons. The summed E-state index contributed by atoms with van der Waals surface area (Å²) < 4.78 is 5.19. The third-order valence-electron chi connectivity index (χ3n) is 5.43. The van der Waals surface area contributed by atoms with Crippen molar-refractivity contribution in [1.29, 1.82) is 0 Å². The van der Waals surface area contributed by atoms with Crippen LogP contribution >= 0.6 is 11.3 Å². The zero-order chi connectivity index (χ0) is 23.6. The minimum Gasteiger partial charge on any atom is -0.383 e. The van der Waals surface area contributed by atoms with E-state index in [-0.39, 0.29) is 18.5 Å². The summed E-state index contributed by atoms with van der Waals surface area (Å²) in [7, 11) is 1.58. The molecule has 1 heterocycles. The Morgan fingerprint density at radius 2 is 1.73 bits per heavy atom. The highest BCUT2D eigenvalue weighted by molar-refractivity contribution is 7.09. The molecule has 174 valence electrons. The van der Waals surface area contributed by atoms with Crippen LogP contribution in [0.1, 0.15) is 21.6 Å². The van der Waals surface area contributed by atoms with Crippen LogP contribution in [-0.2, 0) is 22.6 Å². The van der Waals surface area contributed by atoms with E-state index in [0.29, 0.717) is 31.9 Å². The predicted molar refractivity (Wildman–Crippen MR) is 133 cm³/mol. The number of aryl methyl sites for hydroxylation is 2. The maximum Gasteiger partial charge on any atom is 0.322 e. The third kappa shape index (κ3) is 7.44. The van der Waals surface area contributed by atoms with Crippen molar-refractivity contribution in [2.75, 3.05) is 32.1 Å². The van der Waals surface area contributed by atoms with E-state index >= 15 is 0 Å². The number of urea groups is 1. The molecule has 0 saturated carbocycles. The Balaban J connectivity index is 1.74. The number of amides is 3. The van der Waals surface area contributed by atoms with Gasteiger partial charge in [-0.1, -0.05) is 42.5 Å². The van der Waals surface area contributed by atoms with Gasteiger partial charge in [-0.05, 0) is 54.1 Å². The molecule has 1 aromatic heterocycles. The first-order valence-electron chi connectivity index (χ1n) is 10.9. The molecule has 0 aliphatic rings. The van der Waals surface area contributed by atoms with E-state index < -0.39 is 0 Å². The summed E-state index contributed by atoms with van der Waals surface area (Å²) in [4.78, 5) is 30.8. The Labute approximate surface area is 199 Å². The van der Waals surface area contributed by atoms with Crippen LogP contribution in [0, 0.1) is 13.8 Å². The molecule has 3 aromatic rings. The summed E-state index contributed by atoms with van der Waals surface area (Å²) in [5, 5.41) is 4.92. The summed E-state index contributed by atoms with van der Waals surface area (Å²) in [6, 6.07) is 19.3. The number of carbonyl (C=O) groups is 2. The molecule has 1 N–H and O–H groups in total. The van der Waals surface area contributed by atoms with E-state index in [9.17, 15) is 9.59 Å². The highest BCUT2D eigenvalue weighted by Gasteiger charge is 2.22. The number of methoxy groups -OCH3 is 1. The van der Waals surface area contributed by atoms with Gasteiger partial charge in [-0.3, -0.25) is 4.79 Å². The number of hydrogen-bond donors (Lipinski definition) is 1. The second-order valence-electron chi connectivity index (χ2n) is 7.96. The first kappa shape index (κ1) is 24.5. The Bertz CT molecular complexity index is 1040. The summed E-state index contributed by atoms with van der Waals surface area (Å²) in [6.07, 6.45) is 0. The van der Waals surface area contributed by atoms with Crippen molar-refractivity contribution in [1.82, 2.24) is 9.80 Å². The number of rotatable bonds is 10. The topological polar surface area (TPSA) is 61.9 Å². The minimum atomic E-state index is -0.320. The third-order valence-corrected chi connectivity index (χ3v) is 6.29. The zero-order valence-electron chi connectivity index (χ0n) is 19.4. The van der Waals surface area contributed by atoms with Crippen molar-refractivity contribution in [2.24, 2.45) is 0 Å². The first-order valence-corrected chi connectivity index (χ1v) is 11.8. The number of hydrogen-bond acceptors (Lipinski definition) is 4. The SMILES string of the molecule is COCCN(CC(=O)N(Cc1ccccc1)Cc1cccs1)C(=O)Nc1ccc(C)c(C)c1. The van der Waals surface area contributed by atoms with Gasteiger partial charge in [0.15, 0.2) is 0 Å². The molecule has 7 heteroatoms. The number of nitrogens with zero attached hydrogens (tertiary/aromatic N) is 2. The largest absolute Gasteiger partial charge is 0.383 e. The van der Waals surface area contributed by atoms with E-state index in [0.717, 1.165) is 21.6 Å². The highest BCUT2D eigenvalue weighted by Crippen LogP contribution is 2.17. The van der Waals surface area contributed by atoms with Crippen molar-refractivity contribution in [3.63, 3.8) is 0 Å². The minimum absolute atomic E-state index is 0.0295. The lowest BCUT2D eigenvalue weighted by Crippen LogP contribution is -2.45. The summed E-state index contributed by atoms with van der Waals surface area (Å²) in [5.41, 5.74) is 4.00. The van der Waals surface area contributed by atoms with Gasteiger partial charge < -0.3 is 19.9 Å². The number of benzene rings is 2. The van der Waals surface area contributed by atoms with Crippen LogP contribution in [0.4, 0.5) is 10.5 Å². The van der Waals surface area contributed by atoms with Gasteiger partial charge in [-0.25, -0.2) is 4.79 Å². The number of anilines is 1. The summed E-state index contributed by atoms with van der Waals surface area (Å²) >= 11 is 1.62. The van der Waals surface area contributed by atoms with Crippen LogP contribution in [0.15, 0.2) is 66.0 Å². The van der Waals surface area contributed by atoms with Gasteiger partial charge in [0.1, 0.15) is 6.54 Å². The van der Waals surface area contributed by atoms with Crippen molar-refractivity contribution in [2.45, 2.75) is 26.9 Å². The average Bonchev–Trinajstić information content (AvgIpc) is 3.32. The fourth-order valence-corrected chi connectivity index (χ4v) is 4.09. The smallest absolute Gasteiger partial charge is 0.322 e. The predicted octanol–water partition coefficient (Wildman–Crippen LogP) is 5.07. The van der Waals surface area contributed by atoms with Crippen molar-refractivity contribution in [3.05, 3.63) is 87.6 Å². The molecule has 0 saturated heterocycles. The number of ether oxygens (including phenoxy) is 1. The molecule has 0 spiro atoms. The quantitative estimate of drug-likeness (QED) is 0.455. The standard InChI is InChI=1S/C26H31N3O3S/c1-20-11-12-23(16-21(20)2)27-26(31)28(13-14-32-3)19-25(30)29(18-24-10-7-15-33-24)17-22-8-5-4-6-9-22/h4-12,15-16H,13-14,17-19H2,1-3H3,(H,27,31). The normalized spacial score (nSPS) is 10.6. The van der Waals surface area contributed by atoms with E-state index in [1.807, 2.05) is 79.9 Å². The van der Waals surface area contributed by atoms with Crippen LogP contribution in [0.2, 0.25) is 0 Å². The molecule has 33 heavy (non-hydrogen) atoms. The molecule has 2 aromatic carbocycles. The lowest BCUT2D eigenvalue weighted by atomic mass is 10.1. The van der Waals surface area contributed by atoms with Gasteiger partial charge in [0.25, 0.3) is 0 Å². The molecule has 0 atom stereocenters. The molecule has 3 amide bonds. The van der Waals surface area contributed by atoms with Crippen LogP contribution in [0.5, 0.6) is 0 Å². The first-order chi connectivity index (χ1) is 16.0. The lowest BCUT2D eigenvalue weighted by Gasteiger charge is -2.28. The molecular formula is C26H31N3O3S. The van der Waals surface area contributed by atoms with Crippen LogP contribution in [-0.4, -0.2) is 48.5 Å². The van der Waals surface area contributed by atoms with Gasteiger partial charge in [0, 0.05) is 30.8 Å². The number of carbonyl (C=O) groups excluding carboxylic acids is 2. The molecule has 0 fully saturated rings. The molecule has 0 bridgehead atoms. The van der Waals surface area contributed by atoms with Crippen molar-refractivity contribution in [3.8, 4) is 0 Å². The highest BCUT2D eigenvalue weighted by atomic mass is 32.1. The van der Waals surface area contributed by atoms with Gasteiger partial charge in [-0.2, -0.15) is 0 Å².